The van der Waals surface area contributed by atoms with Gasteiger partial charge < -0.3 is 5.32 Å². The van der Waals surface area contributed by atoms with Gasteiger partial charge in [0.25, 0.3) is 0 Å². The number of pyridine rings is 1. The SMILES string of the molecule is CCCNc1c(C)c(CC)nc2c3c(ccc12)CCCC3. The molecule has 0 amide bonds. The van der Waals surface area contributed by atoms with Crippen LogP contribution in [-0.4, -0.2) is 11.5 Å². The first-order valence-electron chi connectivity index (χ1n) is 8.44. The van der Waals surface area contributed by atoms with E-state index >= 15 is 0 Å². The molecule has 0 saturated heterocycles. The van der Waals surface area contributed by atoms with Gasteiger partial charge >= 0.3 is 0 Å². The Bertz CT molecular complexity index is 658. The van der Waals surface area contributed by atoms with Crippen LogP contribution in [0.3, 0.4) is 0 Å². The minimum atomic E-state index is 1.01. The van der Waals surface area contributed by atoms with Crippen LogP contribution in [0.1, 0.15) is 55.5 Å². The third-order valence-corrected chi connectivity index (χ3v) is 4.71. The zero-order valence-electron chi connectivity index (χ0n) is 13.6. The van der Waals surface area contributed by atoms with Gasteiger partial charge in [-0.1, -0.05) is 26.0 Å². The van der Waals surface area contributed by atoms with Crippen molar-refractivity contribution in [1.82, 2.24) is 4.98 Å². The van der Waals surface area contributed by atoms with Crippen molar-refractivity contribution < 1.29 is 0 Å². The summed E-state index contributed by atoms with van der Waals surface area (Å²) in [4.78, 5) is 5.04. The number of aromatic nitrogens is 1. The van der Waals surface area contributed by atoms with Gasteiger partial charge in [0, 0.05) is 23.3 Å². The van der Waals surface area contributed by atoms with E-state index in [1.54, 1.807) is 0 Å². The summed E-state index contributed by atoms with van der Waals surface area (Å²) < 4.78 is 0. The van der Waals surface area contributed by atoms with Crippen molar-refractivity contribution in [2.24, 2.45) is 0 Å². The van der Waals surface area contributed by atoms with Crippen molar-refractivity contribution in [3.8, 4) is 0 Å². The predicted molar refractivity (Wildman–Crippen MR) is 91.3 cm³/mol. The molecule has 21 heavy (non-hydrogen) atoms. The van der Waals surface area contributed by atoms with Gasteiger partial charge in [0.2, 0.25) is 0 Å². The average Bonchev–Trinajstić information content (AvgIpc) is 2.53. The Balaban J connectivity index is 2.25. The molecule has 0 saturated carbocycles. The Labute approximate surface area is 128 Å². The van der Waals surface area contributed by atoms with Gasteiger partial charge in [-0.3, -0.25) is 4.98 Å². The molecular formula is C19H26N2. The minimum Gasteiger partial charge on any atom is -0.384 e. The Kier molecular flexibility index (Phi) is 4.14. The molecule has 2 nitrogen and oxygen atoms in total. The molecule has 1 aromatic carbocycles. The zero-order chi connectivity index (χ0) is 14.8. The normalized spacial score (nSPS) is 14.2. The van der Waals surface area contributed by atoms with Crippen molar-refractivity contribution in [2.45, 2.75) is 59.3 Å². The van der Waals surface area contributed by atoms with Crippen LogP contribution in [0.25, 0.3) is 10.9 Å². The summed E-state index contributed by atoms with van der Waals surface area (Å²) in [5.74, 6) is 0. The third-order valence-electron chi connectivity index (χ3n) is 4.71. The van der Waals surface area contributed by atoms with Crippen LogP contribution in [0.5, 0.6) is 0 Å². The number of aryl methyl sites for hydroxylation is 3. The number of rotatable bonds is 4. The highest BCUT2D eigenvalue weighted by molar-refractivity contribution is 5.96. The summed E-state index contributed by atoms with van der Waals surface area (Å²) in [5, 5.41) is 4.97. The third kappa shape index (κ3) is 2.52. The lowest BCUT2D eigenvalue weighted by molar-refractivity contribution is 0.688. The highest BCUT2D eigenvalue weighted by atomic mass is 14.9. The largest absolute Gasteiger partial charge is 0.384 e. The van der Waals surface area contributed by atoms with Gasteiger partial charge in [-0.2, -0.15) is 0 Å². The summed E-state index contributed by atoms with van der Waals surface area (Å²) in [6.45, 7) is 7.66. The molecule has 0 fully saturated rings. The summed E-state index contributed by atoms with van der Waals surface area (Å²) in [5.41, 5.74) is 8.18. The fourth-order valence-corrected chi connectivity index (χ4v) is 3.53. The lowest BCUT2D eigenvalue weighted by Crippen LogP contribution is -2.09. The molecular weight excluding hydrogens is 256 g/mol. The van der Waals surface area contributed by atoms with E-state index in [0.717, 1.165) is 19.4 Å². The van der Waals surface area contributed by atoms with E-state index in [-0.39, 0.29) is 0 Å². The Morgan fingerprint density at radius 3 is 2.71 bits per heavy atom. The molecule has 0 radical (unpaired) electrons. The maximum absolute atomic E-state index is 5.04. The van der Waals surface area contributed by atoms with E-state index in [1.165, 1.54) is 64.7 Å². The number of fused-ring (bicyclic) bond motifs is 3. The monoisotopic (exact) mass is 282 g/mol. The molecule has 0 bridgehead atoms. The highest BCUT2D eigenvalue weighted by Crippen LogP contribution is 2.34. The number of nitrogens with zero attached hydrogens (tertiary/aromatic N) is 1. The molecule has 112 valence electrons. The maximum Gasteiger partial charge on any atom is 0.0760 e. The molecule has 1 N–H and O–H groups in total. The molecule has 0 aliphatic heterocycles. The average molecular weight is 282 g/mol. The van der Waals surface area contributed by atoms with Crippen LogP contribution in [0.4, 0.5) is 5.69 Å². The number of benzene rings is 1. The van der Waals surface area contributed by atoms with Crippen molar-refractivity contribution >= 4 is 16.6 Å². The minimum absolute atomic E-state index is 1.01. The molecule has 2 aromatic rings. The van der Waals surface area contributed by atoms with Crippen LogP contribution in [-0.2, 0) is 19.3 Å². The molecule has 3 rings (SSSR count). The second kappa shape index (κ2) is 6.05. The number of nitrogens with one attached hydrogen (secondary N) is 1. The fourth-order valence-electron chi connectivity index (χ4n) is 3.53. The van der Waals surface area contributed by atoms with Crippen molar-refractivity contribution in [1.29, 1.82) is 0 Å². The topological polar surface area (TPSA) is 24.9 Å². The molecule has 0 atom stereocenters. The van der Waals surface area contributed by atoms with Crippen LogP contribution in [0.2, 0.25) is 0 Å². The van der Waals surface area contributed by atoms with Crippen LogP contribution < -0.4 is 5.32 Å². The first kappa shape index (κ1) is 14.4. The maximum atomic E-state index is 5.04. The van der Waals surface area contributed by atoms with Gasteiger partial charge in [0.15, 0.2) is 0 Å². The highest BCUT2D eigenvalue weighted by Gasteiger charge is 2.17. The molecule has 0 spiro atoms. The van der Waals surface area contributed by atoms with Crippen LogP contribution in [0.15, 0.2) is 12.1 Å². The van der Waals surface area contributed by atoms with E-state index in [4.69, 9.17) is 4.98 Å². The van der Waals surface area contributed by atoms with Crippen molar-refractivity contribution in [3.05, 3.63) is 34.5 Å². The number of hydrogen-bond acceptors (Lipinski definition) is 2. The molecule has 1 aliphatic carbocycles. The second-order valence-corrected chi connectivity index (χ2v) is 6.15. The van der Waals surface area contributed by atoms with Crippen molar-refractivity contribution in [3.63, 3.8) is 0 Å². The Hall–Kier alpha value is -1.57. The predicted octanol–water partition coefficient (Wildman–Crippen LogP) is 4.81. The lowest BCUT2D eigenvalue weighted by Gasteiger charge is -2.21. The molecule has 1 heterocycles. The Morgan fingerprint density at radius 2 is 1.95 bits per heavy atom. The first-order chi connectivity index (χ1) is 10.3. The van der Waals surface area contributed by atoms with Gasteiger partial charge in [-0.05, 0) is 62.1 Å². The number of hydrogen-bond donors (Lipinski definition) is 1. The van der Waals surface area contributed by atoms with Gasteiger partial charge in [-0.25, -0.2) is 0 Å². The van der Waals surface area contributed by atoms with E-state index in [2.05, 4.69) is 38.2 Å². The van der Waals surface area contributed by atoms with Crippen LogP contribution in [0, 0.1) is 6.92 Å². The van der Waals surface area contributed by atoms with E-state index < -0.39 is 0 Å². The first-order valence-corrected chi connectivity index (χ1v) is 8.44. The molecule has 0 unspecified atom stereocenters. The van der Waals surface area contributed by atoms with E-state index in [0.29, 0.717) is 0 Å². The summed E-state index contributed by atoms with van der Waals surface area (Å²) in [6, 6.07) is 4.62. The molecule has 2 heteroatoms. The smallest absolute Gasteiger partial charge is 0.0760 e. The number of anilines is 1. The summed E-state index contributed by atoms with van der Waals surface area (Å²) in [7, 11) is 0. The van der Waals surface area contributed by atoms with Gasteiger partial charge in [0.05, 0.1) is 5.52 Å². The fraction of sp³-hybridized carbons (Fsp3) is 0.526. The van der Waals surface area contributed by atoms with Crippen molar-refractivity contribution in [2.75, 3.05) is 11.9 Å². The van der Waals surface area contributed by atoms with E-state index in [9.17, 15) is 0 Å². The van der Waals surface area contributed by atoms with Gasteiger partial charge in [0.1, 0.15) is 0 Å². The lowest BCUT2D eigenvalue weighted by atomic mass is 9.88. The second-order valence-electron chi connectivity index (χ2n) is 6.15. The van der Waals surface area contributed by atoms with Crippen LogP contribution >= 0.6 is 0 Å². The Morgan fingerprint density at radius 1 is 1.14 bits per heavy atom. The molecule has 1 aromatic heterocycles. The molecule has 1 aliphatic rings. The summed E-state index contributed by atoms with van der Waals surface area (Å²) >= 11 is 0. The summed E-state index contributed by atoms with van der Waals surface area (Å²) in [6.07, 6.45) is 7.20. The zero-order valence-corrected chi connectivity index (χ0v) is 13.6. The van der Waals surface area contributed by atoms with E-state index in [1.807, 2.05) is 0 Å². The quantitative estimate of drug-likeness (QED) is 0.870. The van der Waals surface area contributed by atoms with Gasteiger partial charge in [-0.15, -0.1) is 0 Å². The standard InChI is InChI=1S/C19H26N2/c1-4-12-20-18-13(3)17(5-2)21-19-15-9-7-6-8-14(15)10-11-16(18)19/h10-11H,4-9,12H2,1-3H3,(H,20,21).